The van der Waals surface area contributed by atoms with E-state index in [0.29, 0.717) is 17.7 Å². The average molecular weight is 491 g/mol. The van der Waals surface area contributed by atoms with Gasteiger partial charge in [-0.1, -0.05) is 24.3 Å². The fourth-order valence-electron chi connectivity index (χ4n) is 2.39. The lowest BCUT2D eigenvalue weighted by Crippen LogP contribution is -2.22. The Morgan fingerprint density at radius 3 is 1.97 bits per heavy atom. The van der Waals surface area contributed by atoms with Crippen molar-refractivity contribution in [2.45, 2.75) is 18.7 Å². The number of rotatable bonds is 4. The predicted octanol–water partition coefficient (Wildman–Crippen LogP) is 2.58. The van der Waals surface area contributed by atoms with E-state index in [1.807, 2.05) is 6.92 Å². The van der Waals surface area contributed by atoms with Gasteiger partial charge in [0.05, 0.1) is 11.1 Å². The zero-order valence-corrected chi connectivity index (χ0v) is 19.3. The van der Waals surface area contributed by atoms with E-state index in [0.717, 1.165) is 0 Å². The molecule has 0 atom stereocenters. The highest BCUT2D eigenvalue weighted by molar-refractivity contribution is 7.89. The minimum Gasteiger partial charge on any atom is -0.508 e. The molecular weight excluding hydrogens is 464 g/mol. The Labute approximate surface area is 197 Å². The van der Waals surface area contributed by atoms with Crippen LogP contribution < -0.4 is 10.5 Å². The van der Waals surface area contributed by atoms with Crippen molar-refractivity contribution < 1.29 is 38.4 Å². The number of aromatic carboxylic acids is 1. The number of carboxylic acids is 1. The van der Waals surface area contributed by atoms with Crippen LogP contribution in [0.25, 0.3) is 0 Å². The summed E-state index contributed by atoms with van der Waals surface area (Å²) in [4.78, 5) is 21.2. The molecule has 3 rings (SSSR count). The summed E-state index contributed by atoms with van der Waals surface area (Å²) in [5.41, 5.74) is 0.985. The number of carbonyl (C=O) groups excluding carboxylic acids is 1. The largest absolute Gasteiger partial charge is 0.508 e. The van der Waals surface area contributed by atoms with E-state index < -0.39 is 16.0 Å². The second kappa shape index (κ2) is 12.8. The van der Waals surface area contributed by atoms with Gasteiger partial charge in [-0.3, -0.25) is 4.79 Å². The molecule has 34 heavy (non-hydrogen) atoms. The lowest BCUT2D eigenvalue weighted by molar-refractivity contribution is 0.0696. The first-order valence-electron chi connectivity index (χ1n) is 9.78. The number of nitrogens with two attached hydrogens (primary N) is 1. The van der Waals surface area contributed by atoms with Crippen LogP contribution in [-0.2, 0) is 10.0 Å². The number of phenolic OH excluding ortho intramolecular Hbond substituents is 3. The SMILES string of the molecule is CCNC(=O)c1ccccc1O.Cc1cccc(S(N)(=O)=O)c1O.O=C(O)c1ccc(O)cc1. The van der Waals surface area contributed by atoms with Gasteiger partial charge in [-0.15, -0.1) is 0 Å². The quantitative estimate of drug-likeness (QED) is 0.322. The normalized spacial score (nSPS) is 10.1. The Kier molecular flexibility index (Phi) is 10.5. The first-order valence-corrected chi connectivity index (χ1v) is 11.3. The van der Waals surface area contributed by atoms with Crippen molar-refractivity contribution in [3.05, 3.63) is 83.4 Å². The number of carboxylic acid groups (broad SMARTS) is 1. The molecule has 0 bridgehead atoms. The molecule has 0 unspecified atom stereocenters. The van der Waals surface area contributed by atoms with Gasteiger partial charge >= 0.3 is 5.97 Å². The minimum atomic E-state index is -3.81. The summed E-state index contributed by atoms with van der Waals surface area (Å²) in [7, 11) is -3.81. The topological polar surface area (TPSA) is 187 Å². The van der Waals surface area contributed by atoms with Crippen LogP contribution in [-0.4, -0.2) is 47.3 Å². The molecule has 0 aliphatic carbocycles. The number of sulfonamides is 1. The number of benzene rings is 3. The average Bonchev–Trinajstić information content (AvgIpc) is 2.76. The summed E-state index contributed by atoms with van der Waals surface area (Å²) >= 11 is 0. The molecule has 11 heteroatoms. The van der Waals surface area contributed by atoms with Crippen molar-refractivity contribution in [2.24, 2.45) is 5.14 Å². The molecule has 0 aliphatic heterocycles. The van der Waals surface area contributed by atoms with E-state index in [2.05, 4.69) is 5.32 Å². The highest BCUT2D eigenvalue weighted by Crippen LogP contribution is 2.24. The van der Waals surface area contributed by atoms with Crippen LogP contribution in [0.5, 0.6) is 17.2 Å². The number of aryl methyl sites for hydroxylation is 1. The number of hydrogen-bond donors (Lipinski definition) is 6. The zero-order chi connectivity index (χ0) is 25.9. The van der Waals surface area contributed by atoms with E-state index in [-0.39, 0.29) is 33.6 Å². The van der Waals surface area contributed by atoms with Gasteiger partial charge in [0, 0.05) is 6.54 Å². The lowest BCUT2D eigenvalue weighted by Gasteiger charge is -2.03. The maximum atomic E-state index is 11.2. The molecule has 0 aliphatic rings. The summed E-state index contributed by atoms with van der Waals surface area (Å²) in [6.45, 7) is 4.00. The fraction of sp³-hybridized carbons (Fsp3) is 0.130. The minimum absolute atomic E-state index is 0.0171. The number of primary sulfonamides is 1. The van der Waals surface area contributed by atoms with Crippen LogP contribution in [0.3, 0.4) is 0 Å². The van der Waals surface area contributed by atoms with E-state index in [9.17, 15) is 28.2 Å². The molecule has 0 radical (unpaired) electrons. The van der Waals surface area contributed by atoms with Crippen molar-refractivity contribution in [3.8, 4) is 17.2 Å². The Hall–Kier alpha value is -4.09. The predicted molar refractivity (Wildman–Crippen MR) is 125 cm³/mol. The van der Waals surface area contributed by atoms with Gasteiger partial charge in [-0.05, 0) is 61.9 Å². The van der Waals surface area contributed by atoms with Gasteiger partial charge < -0.3 is 25.7 Å². The number of para-hydroxylation sites is 2. The Bertz CT molecular complexity index is 1230. The monoisotopic (exact) mass is 490 g/mol. The first kappa shape index (κ1) is 27.9. The van der Waals surface area contributed by atoms with Gasteiger partial charge in [0.15, 0.2) is 0 Å². The zero-order valence-electron chi connectivity index (χ0n) is 18.5. The van der Waals surface area contributed by atoms with Crippen molar-refractivity contribution in [3.63, 3.8) is 0 Å². The summed E-state index contributed by atoms with van der Waals surface area (Å²) in [5, 5.41) is 43.1. The third-order valence-corrected chi connectivity index (χ3v) is 5.05. The molecule has 182 valence electrons. The van der Waals surface area contributed by atoms with E-state index in [4.69, 9.17) is 15.4 Å². The number of hydrogen-bond acceptors (Lipinski definition) is 7. The van der Waals surface area contributed by atoms with Gasteiger partial charge in [-0.2, -0.15) is 0 Å². The van der Waals surface area contributed by atoms with Crippen molar-refractivity contribution >= 4 is 21.9 Å². The van der Waals surface area contributed by atoms with Crippen LogP contribution in [0.1, 0.15) is 33.2 Å². The van der Waals surface area contributed by atoms with Crippen LogP contribution >= 0.6 is 0 Å². The second-order valence-corrected chi connectivity index (χ2v) is 8.23. The molecule has 7 N–H and O–H groups in total. The van der Waals surface area contributed by atoms with Crippen LogP contribution in [0.4, 0.5) is 0 Å². The Morgan fingerprint density at radius 1 is 0.912 bits per heavy atom. The molecule has 10 nitrogen and oxygen atoms in total. The maximum Gasteiger partial charge on any atom is 0.335 e. The smallest absolute Gasteiger partial charge is 0.335 e. The first-order chi connectivity index (χ1) is 15.9. The number of aromatic hydroxyl groups is 3. The lowest BCUT2D eigenvalue weighted by atomic mass is 10.2. The third-order valence-electron chi connectivity index (χ3n) is 4.11. The summed E-state index contributed by atoms with van der Waals surface area (Å²) < 4.78 is 21.6. The fourth-order valence-corrected chi connectivity index (χ4v) is 3.09. The van der Waals surface area contributed by atoms with Crippen LogP contribution in [0.15, 0.2) is 71.6 Å². The molecule has 0 saturated carbocycles. The molecule has 1 amide bonds. The Morgan fingerprint density at radius 2 is 1.50 bits per heavy atom. The van der Waals surface area contributed by atoms with Gasteiger partial charge in [-0.25, -0.2) is 18.4 Å². The molecule has 3 aromatic rings. The van der Waals surface area contributed by atoms with Crippen LogP contribution in [0, 0.1) is 6.92 Å². The summed E-state index contributed by atoms with van der Waals surface area (Å²) in [6.07, 6.45) is 0. The van der Waals surface area contributed by atoms with E-state index in [1.165, 1.54) is 42.5 Å². The Balaban J connectivity index is 0.000000256. The molecular formula is C23H26N2O8S. The van der Waals surface area contributed by atoms with Crippen molar-refractivity contribution in [1.82, 2.24) is 5.32 Å². The summed E-state index contributed by atoms with van der Waals surface area (Å²) in [6, 6.07) is 16.2. The van der Waals surface area contributed by atoms with E-state index >= 15 is 0 Å². The van der Waals surface area contributed by atoms with Gasteiger partial charge in [0.1, 0.15) is 22.1 Å². The number of nitrogens with one attached hydrogen (secondary N) is 1. The number of amides is 1. The molecule has 0 spiro atoms. The third kappa shape index (κ3) is 8.81. The standard InChI is InChI=1S/C9H11NO2.C7H9NO3S.C7H6O3/c1-2-10-9(12)7-5-3-4-6-8(7)11;1-5-3-2-4-6(7(5)9)12(8,10)11;8-6-3-1-5(2-4-6)7(9)10/h3-6,11H,2H2,1H3,(H,10,12);2-4,9H,1H3,(H2,8,10,11);1-4,8H,(H,9,10). The number of carbonyl (C=O) groups is 2. The van der Waals surface area contributed by atoms with Crippen molar-refractivity contribution in [2.75, 3.05) is 6.54 Å². The summed E-state index contributed by atoms with van der Waals surface area (Å²) in [5.74, 6) is -1.41. The number of phenols is 3. The van der Waals surface area contributed by atoms with E-state index in [1.54, 1.807) is 31.2 Å². The molecule has 0 heterocycles. The van der Waals surface area contributed by atoms with Gasteiger partial charge in [0.2, 0.25) is 10.0 Å². The molecule has 0 fully saturated rings. The highest BCUT2D eigenvalue weighted by atomic mass is 32.2. The maximum absolute atomic E-state index is 11.2. The van der Waals surface area contributed by atoms with Crippen LogP contribution in [0.2, 0.25) is 0 Å². The molecule has 0 aromatic heterocycles. The molecule has 0 saturated heterocycles. The second-order valence-electron chi connectivity index (χ2n) is 6.70. The highest BCUT2D eigenvalue weighted by Gasteiger charge is 2.13. The van der Waals surface area contributed by atoms with Gasteiger partial charge in [0.25, 0.3) is 5.91 Å². The van der Waals surface area contributed by atoms with Crippen molar-refractivity contribution in [1.29, 1.82) is 0 Å². The molecule has 3 aromatic carbocycles.